The zero-order valence-electron chi connectivity index (χ0n) is 9.52. The van der Waals surface area contributed by atoms with E-state index in [2.05, 4.69) is 16.8 Å². The van der Waals surface area contributed by atoms with Crippen LogP contribution in [0, 0.1) is 5.92 Å². The van der Waals surface area contributed by atoms with E-state index in [0.29, 0.717) is 5.92 Å². The van der Waals surface area contributed by atoms with Crippen LogP contribution in [0.3, 0.4) is 0 Å². The number of thiophene rings is 1. The summed E-state index contributed by atoms with van der Waals surface area (Å²) in [5.74, 6) is 0.614. The molecule has 1 aromatic rings. The predicted molar refractivity (Wildman–Crippen MR) is 66.5 cm³/mol. The molecular weight excluding hydrogens is 218 g/mol. The molecule has 2 atom stereocenters. The number of rotatable bonds is 2. The van der Waals surface area contributed by atoms with Crippen molar-refractivity contribution in [3.8, 4) is 0 Å². The van der Waals surface area contributed by atoms with Crippen LogP contribution < -0.4 is 5.73 Å². The summed E-state index contributed by atoms with van der Waals surface area (Å²) < 4.78 is 5.95. The average molecular weight is 237 g/mol. The van der Waals surface area contributed by atoms with Gasteiger partial charge in [-0.2, -0.15) is 11.3 Å². The van der Waals surface area contributed by atoms with Gasteiger partial charge in [-0.1, -0.05) is 0 Å². The first-order valence-corrected chi connectivity index (χ1v) is 7.15. The second-order valence-electron chi connectivity index (χ2n) is 5.22. The molecule has 0 amide bonds. The van der Waals surface area contributed by atoms with E-state index in [1.54, 1.807) is 11.3 Å². The maximum absolute atomic E-state index is 6.37. The van der Waals surface area contributed by atoms with Crippen molar-refractivity contribution in [1.29, 1.82) is 0 Å². The van der Waals surface area contributed by atoms with Gasteiger partial charge in [0.2, 0.25) is 0 Å². The van der Waals surface area contributed by atoms with E-state index in [9.17, 15) is 0 Å². The zero-order valence-corrected chi connectivity index (χ0v) is 10.3. The maximum atomic E-state index is 6.37. The van der Waals surface area contributed by atoms with E-state index in [-0.39, 0.29) is 11.6 Å². The van der Waals surface area contributed by atoms with Gasteiger partial charge in [0.1, 0.15) is 0 Å². The highest BCUT2D eigenvalue weighted by Gasteiger charge is 2.43. The van der Waals surface area contributed by atoms with E-state index in [0.717, 1.165) is 13.0 Å². The molecule has 2 unspecified atom stereocenters. The number of nitrogens with two attached hydrogens (primary N) is 1. The molecule has 2 N–H and O–H groups in total. The average Bonchev–Trinajstić information content (AvgIpc) is 2.79. The Hall–Kier alpha value is -0.380. The molecule has 1 spiro atoms. The summed E-state index contributed by atoms with van der Waals surface area (Å²) in [6.07, 6.45) is 6.13. The highest BCUT2D eigenvalue weighted by molar-refractivity contribution is 7.07. The minimum absolute atomic E-state index is 0.215. The Labute approximate surface area is 101 Å². The van der Waals surface area contributed by atoms with Gasteiger partial charge in [-0.3, -0.25) is 0 Å². The van der Waals surface area contributed by atoms with Crippen molar-refractivity contribution >= 4 is 11.3 Å². The molecule has 3 rings (SSSR count). The van der Waals surface area contributed by atoms with Crippen LogP contribution in [-0.4, -0.2) is 12.2 Å². The lowest BCUT2D eigenvalue weighted by molar-refractivity contribution is -0.146. The minimum atomic E-state index is 0.215. The fourth-order valence-corrected chi connectivity index (χ4v) is 3.74. The number of hydrogen-bond donors (Lipinski definition) is 1. The van der Waals surface area contributed by atoms with Crippen LogP contribution in [0.5, 0.6) is 0 Å². The number of ether oxygens (including phenoxy) is 1. The van der Waals surface area contributed by atoms with Crippen LogP contribution in [-0.2, 0) is 4.74 Å². The van der Waals surface area contributed by atoms with E-state index < -0.39 is 0 Å². The van der Waals surface area contributed by atoms with E-state index in [4.69, 9.17) is 10.5 Å². The molecule has 2 nitrogen and oxygen atoms in total. The van der Waals surface area contributed by atoms with Crippen LogP contribution >= 0.6 is 11.3 Å². The molecule has 2 aliphatic rings. The van der Waals surface area contributed by atoms with Gasteiger partial charge < -0.3 is 10.5 Å². The molecule has 1 aliphatic heterocycles. The topological polar surface area (TPSA) is 35.2 Å². The van der Waals surface area contributed by atoms with Crippen LogP contribution in [0.4, 0.5) is 0 Å². The summed E-state index contributed by atoms with van der Waals surface area (Å²) in [4.78, 5) is 0. The van der Waals surface area contributed by atoms with Gasteiger partial charge in [-0.05, 0) is 60.4 Å². The van der Waals surface area contributed by atoms with Crippen LogP contribution in [0.15, 0.2) is 16.8 Å². The Morgan fingerprint density at radius 2 is 2.38 bits per heavy atom. The molecule has 1 aliphatic carbocycles. The van der Waals surface area contributed by atoms with Crippen LogP contribution in [0.1, 0.15) is 43.7 Å². The molecule has 1 saturated heterocycles. The van der Waals surface area contributed by atoms with Crippen molar-refractivity contribution in [2.75, 3.05) is 6.61 Å². The van der Waals surface area contributed by atoms with Crippen molar-refractivity contribution in [1.82, 2.24) is 0 Å². The third kappa shape index (κ3) is 1.81. The summed E-state index contributed by atoms with van der Waals surface area (Å²) in [6.45, 7) is 0.905. The van der Waals surface area contributed by atoms with Crippen LogP contribution in [0.25, 0.3) is 0 Å². The Morgan fingerprint density at radius 1 is 1.50 bits per heavy atom. The Kier molecular flexibility index (Phi) is 2.78. The lowest BCUT2D eigenvalue weighted by atomic mass is 9.70. The Morgan fingerprint density at radius 3 is 3.00 bits per heavy atom. The SMILES string of the molecule is NC(c1ccsc1)C1CCOC2(CCC2)C1. The van der Waals surface area contributed by atoms with Crippen molar-refractivity contribution in [2.24, 2.45) is 11.7 Å². The normalized spacial score (nSPS) is 29.9. The van der Waals surface area contributed by atoms with Gasteiger partial charge in [0.05, 0.1) is 5.60 Å². The monoisotopic (exact) mass is 237 g/mol. The Bertz CT molecular complexity index is 345. The molecule has 3 heteroatoms. The summed E-state index contributed by atoms with van der Waals surface area (Å²) in [5, 5.41) is 4.31. The molecule has 88 valence electrons. The van der Waals surface area contributed by atoms with Gasteiger partial charge in [0, 0.05) is 12.6 Å². The first-order valence-electron chi connectivity index (χ1n) is 6.21. The third-order valence-corrected chi connectivity index (χ3v) is 4.93. The quantitative estimate of drug-likeness (QED) is 0.858. The lowest BCUT2D eigenvalue weighted by Crippen LogP contribution is -2.47. The molecule has 0 aromatic carbocycles. The van der Waals surface area contributed by atoms with Gasteiger partial charge in [0.15, 0.2) is 0 Å². The molecule has 2 heterocycles. The standard InChI is InChI=1S/C13H19NOS/c14-12(11-3-7-16-9-11)10-2-6-15-13(8-10)4-1-5-13/h3,7,9-10,12H,1-2,4-6,8,14H2. The van der Waals surface area contributed by atoms with Crippen molar-refractivity contribution < 1.29 is 4.74 Å². The molecule has 2 fully saturated rings. The molecule has 0 radical (unpaired) electrons. The molecular formula is C13H19NOS. The minimum Gasteiger partial charge on any atom is -0.375 e. The smallest absolute Gasteiger partial charge is 0.0686 e. The fourth-order valence-electron chi connectivity index (χ4n) is 3.03. The highest BCUT2D eigenvalue weighted by atomic mass is 32.1. The van der Waals surface area contributed by atoms with Crippen molar-refractivity contribution in [2.45, 2.75) is 43.7 Å². The van der Waals surface area contributed by atoms with Gasteiger partial charge in [-0.15, -0.1) is 0 Å². The van der Waals surface area contributed by atoms with Crippen LogP contribution in [0.2, 0.25) is 0 Å². The third-order valence-electron chi connectivity index (χ3n) is 4.23. The second-order valence-corrected chi connectivity index (χ2v) is 6.00. The molecule has 1 saturated carbocycles. The Balaban J connectivity index is 1.70. The van der Waals surface area contributed by atoms with Crippen molar-refractivity contribution in [3.63, 3.8) is 0 Å². The fraction of sp³-hybridized carbons (Fsp3) is 0.692. The summed E-state index contributed by atoms with van der Waals surface area (Å²) in [6, 6.07) is 2.38. The van der Waals surface area contributed by atoms with Gasteiger partial charge >= 0.3 is 0 Å². The predicted octanol–water partition coefficient (Wildman–Crippen LogP) is 3.10. The van der Waals surface area contributed by atoms with Gasteiger partial charge in [-0.25, -0.2) is 0 Å². The summed E-state index contributed by atoms with van der Waals surface area (Å²) in [5.41, 5.74) is 7.90. The van der Waals surface area contributed by atoms with Crippen molar-refractivity contribution in [3.05, 3.63) is 22.4 Å². The first-order chi connectivity index (χ1) is 7.79. The largest absolute Gasteiger partial charge is 0.375 e. The number of hydrogen-bond acceptors (Lipinski definition) is 3. The van der Waals surface area contributed by atoms with E-state index in [1.165, 1.54) is 31.2 Å². The lowest BCUT2D eigenvalue weighted by Gasteiger charge is -2.48. The summed E-state index contributed by atoms with van der Waals surface area (Å²) >= 11 is 1.74. The maximum Gasteiger partial charge on any atom is 0.0686 e. The van der Waals surface area contributed by atoms with E-state index >= 15 is 0 Å². The molecule has 1 aromatic heterocycles. The summed E-state index contributed by atoms with van der Waals surface area (Å²) in [7, 11) is 0. The first kappa shape index (κ1) is 10.8. The highest BCUT2D eigenvalue weighted by Crippen LogP contribution is 2.46. The van der Waals surface area contributed by atoms with Gasteiger partial charge in [0.25, 0.3) is 0 Å². The molecule has 16 heavy (non-hydrogen) atoms. The van der Waals surface area contributed by atoms with E-state index in [1.807, 2.05) is 0 Å². The molecule has 0 bridgehead atoms. The second kappa shape index (κ2) is 4.13. The zero-order chi connectivity index (χ0) is 11.0.